The summed E-state index contributed by atoms with van der Waals surface area (Å²) in [6.45, 7) is 2.64. The van der Waals surface area contributed by atoms with Crippen molar-refractivity contribution in [3.63, 3.8) is 0 Å². The van der Waals surface area contributed by atoms with E-state index in [2.05, 4.69) is 0 Å². The van der Waals surface area contributed by atoms with Gasteiger partial charge in [0.15, 0.2) is 0 Å². The van der Waals surface area contributed by atoms with Crippen molar-refractivity contribution in [2.75, 3.05) is 13.7 Å². The molecule has 0 spiro atoms. The molecular formula is C17H25NO2. The number of likely N-dealkylation sites (N-methyl/N-ethyl adjacent to an activating group) is 1. The largest absolute Gasteiger partial charge is 0.494 e. The summed E-state index contributed by atoms with van der Waals surface area (Å²) in [5, 5.41) is 0. The van der Waals surface area contributed by atoms with E-state index in [1.54, 1.807) is 0 Å². The number of benzene rings is 1. The zero-order valence-corrected chi connectivity index (χ0v) is 12.6. The van der Waals surface area contributed by atoms with Crippen LogP contribution in [0.15, 0.2) is 24.3 Å². The van der Waals surface area contributed by atoms with Gasteiger partial charge in [0.1, 0.15) is 5.75 Å². The second-order valence-corrected chi connectivity index (χ2v) is 5.55. The SMILES string of the molecule is CCOc1ccc(CC(=O)N(C)C2CCCCC2)cc1. The molecule has 0 heterocycles. The van der Waals surface area contributed by atoms with Gasteiger partial charge in [-0.15, -0.1) is 0 Å². The average Bonchev–Trinajstić information content (AvgIpc) is 2.49. The van der Waals surface area contributed by atoms with E-state index >= 15 is 0 Å². The van der Waals surface area contributed by atoms with Gasteiger partial charge in [-0.2, -0.15) is 0 Å². The summed E-state index contributed by atoms with van der Waals surface area (Å²) in [4.78, 5) is 14.3. The number of carbonyl (C=O) groups is 1. The zero-order chi connectivity index (χ0) is 14.4. The van der Waals surface area contributed by atoms with Crippen LogP contribution in [0.25, 0.3) is 0 Å². The van der Waals surface area contributed by atoms with E-state index in [1.807, 2.05) is 43.1 Å². The Morgan fingerprint density at radius 2 is 1.85 bits per heavy atom. The summed E-state index contributed by atoms with van der Waals surface area (Å²) in [5.74, 6) is 1.09. The molecule has 0 saturated heterocycles. The number of carbonyl (C=O) groups excluding carboxylic acids is 1. The lowest BCUT2D eigenvalue weighted by atomic mass is 9.94. The fourth-order valence-corrected chi connectivity index (χ4v) is 2.84. The highest BCUT2D eigenvalue weighted by Crippen LogP contribution is 2.22. The van der Waals surface area contributed by atoms with Gasteiger partial charge in [0.05, 0.1) is 13.0 Å². The zero-order valence-electron chi connectivity index (χ0n) is 12.6. The molecule has 1 aliphatic carbocycles. The minimum atomic E-state index is 0.223. The summed E-state index contributed by atoms with van der Waals surface area (Å²) >= 11 is 0. The minimum absolute atomic E-state index is 0.223. The van der Waals surface area contributed by atoms with E-state index in [1.165, 1.54) is 19.3 Å². The molecule has 0 radical (unpaired) electrons. The van der Waals surface area contributed by atoms with Crippen LogP contribution in [0.1, 0.15) is 44.6 Å². The molecule has 2 rings (SSSR count). The van der Waals surface area contributed by atoms with Crippen molar-refractivity contribution < 1.29 is 9.53 Å². The van der Waals surface area contributed by atoms with Crippen LogP contribution in [-0.4, -0.2) is 30.5 Å². The number of amides is 1. The standard InChI is InChI=1S/C17H25NO2/c1-3-20-16-11-9-14(10-12-16)13-17(19)18(2)15-7-5-4-6-8-15/h9-12,15H,3-8,13H2,1-2H3. The molecule has 0 aliphatic heterocycles. The summed E-state index contributed by atoms with van der Waals surface area (Å²) in [6, 6.07) is 8.29. The molecule has 1 aliphatic rings. The van der Waals surface area contributed by atoms with Crippen molar-refractivity contribution in [3.05, 3.63) is 29.8 Å². The van der Waals surface area contributed by atoms with Crippen LogP contribution in [-0.2, 0) is 11.2 Å². The molecular weight excluding hydrogens is 250 g/mol. The number of nitrogens with zero attached hydrogens (tertiary/aromatic N) is 1. The number of hydrogen-bond acceptors (Lipinski definition) is 2. The molecule has 3 heteroatoms. The fraction of sp³-hybridized carbons (Fsp3) is 0.588. The van der Waals surface area contributed by atoms with Crippen LogP contribution in [0.4, 0.5) is 0 Å². The summed E-state index contributed by atoms with van der Waals surface area (Å²) in [5.41, 5.74) is 1.06. The van der Waals surface area contributed by atoms with Gasteiger partial charge >= 0.3 is 0 Å². The molecule has 0 unspecified atom stereocenters. The van der Waals surface area contributed by atoms with Crippen molar-refractivity contribution >= 4 is 5.91 Å². The third-order valence-electron chi connectivity index (χ3n) is 4.11. The quantitative estimate of drug-likeness (QED) is 0.824. The summed E-state index contributed by atoms with van der Waals surface area (Å²) < 4.78 is 5.41. The van der Waals surface area contributed by atoms with Crippen molar-refractivity contribution in [2.45, 2.75) is 51.5 Å². The highest BCUT2D eigenvalue weighted by Gasteiger charge is 2.21. The molecule has 0 aromatic heterocycles. The first-order valence-corrected chi connectivity index (χ1v) is 7.68. The van der Waals surface area contributed by atoms with Crippen LogP contribution < -0.4 is 4.74 Å². The normalized spacial score (nSPS) is 15.9. The van der Waals surface area contributed by atoms with Gasteiger partial charge in [-0.1, -0.05) is 31.4 Å². The molecule has 110 valence electrons. The Balaban J connectivity index is 1.89. The topological polar surface area (TPSA) is 29.5 Å². The predicted molar refractivity (Wildman–Crippen MR) is 81.0 cm³/mol. The molecule has 3 nitrogen and oxygen atoms in total. The maximum Gasteiger partial charge on any atom is 0.226 e. The van der Waals surface area contributed by atoms with E-state index in [0.717, 1.165) is 24.2 Å². The Bertz CT molecular complexity index is 421. The third kappa shape index (κ3) is 3.99. The van der Waals surface area contributed by atoms with Crippen LogP contribution in [0.3, 0.4) is 0 Å². The van der Waals surface area contributed by atoms with Gasteiger partial charge in [0.2, 0.25) is 5.91 Å². The first-order valence-electron chi connectivity index (χ1n) is 7.68. The first kappa shape index (κ1) is 14.9. The summed E-state index contributed by atoms with van der Waals surface area (Å²) in [6.07, 6.45) is 6.63. The van der Waals surface area contributed by atoms with E-state index in [-0.39, 0.29) is 5.91 Å². The summed E-state index contributed by atoms with van der Waals surface area (Å²) in [7, 11) is 1.95. The van der Waals surface area contributed by atoms with Crippen LogP contribution in [0.2, 0.25) is 0 Å². The Kier molecular flexibility index (Phi) is 5.45. The van der Waals surface area contributed by atoms with E-state index in [9.17, 15) is 4.79 Å². The fourth-order valence-electron chi connectivity index (χ4n) is 2.84. The van der Waals surface area contributed by atoms with Crippen molar-refractivity contribution in [3.8, 4) is 5.75 Å². The minimum Gasteiger partial charge on any atom is -0.494 e. The van der Waals surface area contributed by atoms with Gasteiger partial charge in [0.25, 0.3) is 0 Å². The molecule has 20 heavy (non-hydrogen) atoms. The van der Waals surface area contributed by atoms with Crippen LogP contribution in [0.5, 0.6) is 5.75 Å². The molecule has 0 bridgehead atoms. The van der Waals surface area contributed by atoms with E-state index < -0.39 is 0 Å². The lowest BCUT2D eigenvalue weighted by molar-refractivity contribution is -0.131. The van der Waals surface area contributed by atoms with E-state index in [4.69, 9.17) is 4.74 Å². The van der Waals surface area contributed by atoms with Crippen molar-refractivity contribution in [1.29, 1.82) is 0 Å². The van der Waals surface area contributed by atoms with Crippen molar-refractivity contribution in [1.82, 2.24) is 4.90 Å². The maximum atomic E-state index is 12.3. The molecule has 1 aromatic carbocycles. The van der Waals surface area contributed by atoms with Crippen LogP contribution >= 0.6 is 0 Å². The number of hydrogen-bond donors (Lipinski definition) is 0. The van der Waals surface area contributed by atoms with Gasteiger partial charge in [-0.25, -0.2) is 0 Å². The Morgan fingerprint density at radius 3 is 2.45 bits per heavy atom. The van der Waals surface area contributed by atoms with E-state index in [0.29, 0.717) is 19.1 Å². The predicted octanol–water partition coefficient (Wildman–Crippen LogP) is 3.42. The maximum absolute atomic E-state index is 12.3. The van der Waals surface area contributed by atoms with Crippen LogP contribution in [0, 0.1) is 0 Å². The lowest BCUT2D eigenvalue weighted by Gasteiger charge is -2.31. The smallest absolute Gasteiger partial charge is 0.226 e. The van der Waals surface area contributed by atoms with Gasteiger partial charge in [-0.3, -0.25) is 4.79 Å². The first-order chi connectivity index (χ1) is 9.70. The Morgan fingerprint density at radius 1 is 1.20 bits per heavy atom. The Labute approximate surface area is 121 Å². The van der Waals surface area contributed by atoms with Gasteiger partial charge < -0.3 is 9.64 Å². The van der Waals surface area contributed by atoms with Gasteiger partial charge in [0, 0.05) is 13.1 Å². The second-order valence-electron chi connectivity index (χ2n) is 5.55. The Hall–Kier alpha value is -1.51. The molecule has 0 N–H and O–H groups in total. The van der Waals surface area contributed by atoms with Gasteiger partial charge in [-0.05, 0) is 37.5 Å². The molecule has 1 saturated carbocycles. The number of ether oxygens (including phenoxy) is 1. The molecule has 0 atom stereocenters. The second kappa shape index (κ2) is 7.32. The van der Waals surface area contributed by atoms with Crippen molar-refractivity contribution in [2.24, 2.45) is 0 Å². The third-order valence-corrected chi connectivity index (χ3v) is 4.11. The molecule has 1 fully saturated rings. The highest BCUT2D eigenvalue weighted by atomic mass is 16.5. The number of rotatable bonds is 5. The molecule has 1 aromatic rings. The average molecular weight is 275 g/mol. The molecule has 1 amide bonds. The lowest BCUT2D eigenvalue weighted by Crippen LogP contribution is -2.39. The highest BCUT2D eigenvalue weighted by molar-refractivity contribution is 5.78. The monoisotopic (exact) mass is 275 g/mol.